The van der Waals surface area contributed by atoms with E-state index in [1.165, 1.54) is 23.1 Å². The molecule has 0 saturated carbocycles. The van der Waals surface area contributed by atoms with Crippen molar-refractivity contribution in [2.24, 2.45) is 0 Å². The Bertz CT molecular complexity index is 587. The Morgan fingerprint density at radius 3 is 2.67 bits per heavy atom. The van der Waals surface area contributed by atoms with Crippen LogP contribution in [-0.4, -0.2) is 28.1 Å². The molecule has 1 aromatic carbocycles. The number of benzene rings is 1. The molecule has 1 fully saturated rings. The maximum atomic E-state index is 11.8. The summed E-state index contributed by atoms with van der Waals surface area (Å²) in [7, 11) is 1.56. The average Bonchev–Trinajstić information content (AvgIpc) is 2.53. The second-order valence-corrected chi connectivity index (χ2v) is 4.91. The van der Waals surface area contributed by atoms with Gasteiger partial charge < -0.3 is 10.4 Å². The van der Waals surface area contributed by atoms with E-state index in [2.05, 4.69) is 5.32 Å². The summed E-state index contributed by atoms with van der Waals surface area (Å²) in [6.07, 6.45) is 1.45. The molecule has 4 nitrogen and oxygen atoms in total. The van der Waals surface area contributed by atoms with Gasteiger partial charge in [-0.15, -0.1) is 0 Å². The highest BCUT2D eigenvalue weighted by Gasteiger charge is 2.27. The van der Waals surface area contributed by atoms with Crippen molar-refractivity contribution in [3.63, 3.8) is 0 Å². The van der Waals surface area contributed by atoms with Crippen molar-refractivity contribution in [1.82, 2.24) is 10.2 Å². The topological polar surface area (TPSA) is 52.6 Å². The predicted octanol–water partition coefficient (Wildman–Crippen LogP) is 2.39. The molecule has 2 rings (SSSR count). The van der Waals surface area contributed by atoms with Crippen LogP contribution in [0, 0.1) is 0 Å². The highest BCUT2D eigenvalue weighted by molar-refractivity contribution is 7.80. The van der Waals surface area contributed by atoms with Gasteiger partial charge in [0.1, 0.15) is 11.4 Å². The van der Waals surface area contributed by atoms with Gasteiger partial charge in [0.05, 0.1) is 5.02 Å². The zero-order valence-corrected chi connectivity index (χ0v) is 11.5. The molecule has 1 aliphatic rings. The number of carbonyl (C=O) groups excluding carboxylic acids is 1. The van der Waals surface area contributed by atoms with Crippen LogP contribution in [0.25, 0.3) is 6.08 Å². The Kier molecular flexibility index (Phi) is 3.47. The molecule has 0 unspecified atom stereocenters. The first kappa shape index (κ1) is 13.1. The van der Waals surface area contributed by atoms with Crippen LogP contribution in [0.1, 0.15) is 5.56 Å². The second-order valence-electron chi connectivity index (χ2n) is 3.68. The summed E-state index contributed by atoms with van der Waals surface area (Å²) in [6, 6.07) is 2.92. The van der Waals surface area contributed by atoms with E-state index in [1.807, 2.05) is 0 Å². The lowest BCUT2D eigenvalue weighted by Gasteiger charge is -2.04. The fraction of sp³-hybridized carbons (Fsp3) is 0.0909. The van der Waals surface area contributed by atoms with Crippen LogP contribution >= 0.6 is 35.4 Å². The summed E-state index contributed by atoms with van der Waals surface area (Å²) in [6.45, 7) is 0. The fourth-order valence-corrected chi connectivity index (χ4v) is 2.18. The molecule has 0 radical (unpaired) electrons. The Morgan fingerprint density at radius 1 is 1.44 bits per heavy atom. The molecular formula is C11H8Cl2N2O2S. The summed E-state index contributed by atoms with van der Waals surface area (Å²) >= 11 is 16.6. The molecule has 18 heavy (non-hydrogen) atoms. The minimum Gasteiger partial charge on any atom is -0.506 e. The first-order valence-electron chi connectivity index (χ1n) is 4.89. The lowest BCUT2D eigenvalue weighted by atomic mass is 10.1. The van der Waals surface area contributed by atoms with E-state index >= 15 is 0 Å². The molecule has 94 valence electrons. The van der Waals surface area contributed by atoms with Crippen molar-refractivity contribution < 1.29 is 9.90 Å². The Hall–Kier alpha value is -1.30. The molecule has 1 amide bonds. The van der Waals surface area contributed by atoms with Gasteiger partial charge in [-0.3, -0.25) is 9.69 Å². The van der Waals surface area contributed by atoms with Crippen molar-refractivity contribution in [2.75, 3.05) is 7.05 Å². The smallest absolute Gasteiger partial charge is 0.276 e. The SMILES string of the molecule is CN1C(=O)/C(=C\c2cc(Cl)cc(Cl)c2O)NC1=S. The number of rotatable bonds is 1. The molecule has 7 heteroatoms. The van der Waals surface area contributed by atoms with Gasteiger partial charge in [0, 0.05) is 17.6 Å². The number of nitrogens with zero attached hydrogens (tertiary/aromatic N) is 1. The molecular weight excluding hydrogens is 295 g/mol. The molecule has 1 aliphatic heterocycles. The van der Waals surface area contributed by atoms with Crippen molar-refractivity contribution in [3.8, 4) is 5.75 Å². The molecule has 1 heterocycles. The maximum absolute atomic E-state index is 11.8. The van der Waals surface area contributed by atoms with Crippen LogP contribution in [0.5, 0.6) is 5.75 Å². The van der Waals surface area contributed by atoms with Gasteiger partial charge in [0.15, 0.2) is 5.11 Å². The van der Waals surface area contributed by atoms with Gasteiger partial charge >= 0.3 is 0 Å². The Balaban J connectivity index is 2.46. The number of phenolic OH excluding ortho intramolecular Hbond substituents is 1. The molecule has 0 atom stereocenters. The zero-order valence-electron chi connectivity index (χ0n) is 9.20. The lowest BCUT2D eigenvalue weighted by molar-refractivity contribution is -0.121. The molecule has 0 aliphatic carbocycles. The van der Waals surface area contributed by atoms with Crippen molar-refractivity contribution in [2.45, 2.75) is 0 Å². The summed E-state index contributed by atoms with van der Waals surface area (Å²) in [5.41, 5.74) is 0.609. The van der Waals surface area contributed by atoms with E-state index in [4.69, 9.17) is 35.4 Å². The summed E-state index contributed by atoms with van der Waals surface area (Å²) in [5.74, 6) is -0.417. The van der Waals surface area contributed by atoms with E-state index in [0.717, 1.165) is 0 Å². The zero-order chi connectivity index (χ0) is 13.4. The van der Waals surface area contributed by atoms with E-state index in [0.29, 0.717) is 15.7 Å². The van der Waals surface area contributed by atoms with Gasteiger partial charge in [0.25, 0.3) is 5.91 Å². The minimum absolute atomic E-state index is 0.121. The number of aromatic hydroxyl groups is 1. The van der Waals surface area contributed by atoms with Crippen LogP contribution in [-0.2, 0) is 4.79 Å². The summed E-state index contributed by atoms with van der Waals surface area (Å²) in [4.78, 5) is 13.1. The van der Waals surface area contributed by atoms with Gasteiger partial charge in [-0.25, -0.2) is 0 Å². The molecule has 1 aromatic rings. The van der Waals surface area contributed by atoms with E-state index in [9.17, 15) is 9.90 Å². The predicted molar refractivity (Wildman–Crippen MR) is 74.6 cm³/mol. The van der Waals surface area contributed by atoms with Gasteiger partial charge in [0.2, 0.25) is 0 Å². The van der Waals surface area contributed by atoms with Gasteiger partial charge in [-0.05, 0) is 30.4 Å². The number of phenols is 1. The van der Waals surface area contributed by atoms with Crippen molar-refractivity contribution in [3.05, 3.63) is 33.4 Å². The molecule has 0 spiro atoms. The number of thiocarbonyl (C=S) groups is 1. The third-order valence-corrected chi connectivity index (χ3v) is 3.32. The van der Waals surface area contributed by atoms with Gasteiger partial charge in [-0.2, -0.15) is 0 Å². The van der Waals surface area contributed by atoms with E-state index in [1.54, 1.807) is 7.05 Å². The Morgan fingerprint density at radius 2 is 2.11 bits per heavy atom. The van der Waals surface area contributed by atoms with E-state index < -0.39 is 0 Å². The first-order chi connectivity index (χ1) is 8.40. The van der Waals surface area contributed by atoms with Gasteiger partial charge in [-0.1, -0.05) is 23.2 Å². The number of hydrogen-bond donors (Lipinski definition) is 2. The molecule has 0 bridgehead atoms. The third kappa shape index (κ3) is 2.29. The van der Waals surface area contributed by atoms with Crippen molar-refractivity contribution >= 4 is 52.5 Å². The van der Waals surface area contributed by atoms with E-state index in [-0.39, 0.29) is 22.4 Å². The van der Waals surface area contributed by atoms with Crippen LogP contribution < -0.4 is 5.32 Å². The number of likely N-dealkylation sites (N-methyl/N-ethyl adjacent to an activating group) is 1. The number of nitrogens with one attached hydrogen (secondary N) is 1. The molecule has 1 saturated heterocycles. The van der Waals surface area contributed by atoms with Crippen LogP contribution in [0.4, 0.5) is 0 Å². The fourth-order valence-electron chi connectivity index (χ4n) is 1.47. The monoisotopic (exact) mass is 302 g/mol. The van der Waals surface area contributed by atoms with Crippen LogP contribution in [0.3, 0.4) is 0 Å². The first-order valence-corrected chi connectivity index (χ1v) is 6.05. The highest BCUT2D eigenvalue weighted by atomic mass is 35.5. The number of amides is 1. The maximum Gasteiger partial charge on any atom is 0.276 e. The molecule has 2 N–H and O–H groups in total. The standard InChI is InChI=1S/C11H8Cl2N2O2S/c1-15-10(17)8(14-11(15)18)3-5-2-6(12)4-7(13)9(5)16/h2-4,16H,1H3,(H,14,18)/b8-3+. The largest absolute Gasteiger partial charge is 0.506 e. The molecule has 0 aromatic heterocycles. The Labute approximate surface area is 119 Å². The third-order valence-electron chi connectivity index (χ3n) is 2.44. The normalized spacial score (nSPS) is 17.5. The highest BCUT2D eigenvalue weighted by Crippen LogP contribution is 2.32. The quantitative estimate of drug-likeness (QED) is 0.618. The van der Waals surface area contributed by atoms with Crippen LogP contribution in [0.2, 0.25) is 10.0 Å². The summed E-state index contributed by atoms with van der Waals surface area (Å²) in [5, 5.41) is 13.3. The number of carbonyl (C=O) groups is 1. The minimum atomic E-state index is -0.282. The number of halogens is 2. The summed E-state index contributed by atoms with van der Waals surface area (Å²) < 4.78 is 0. The van der Waals surface area contributed by atoms with Crippen molar-refractivity contribution in [1.29, 1.82) is 0 Å². The van der Waals surface area contributed by atoms with Crippen LogP contribution in [0.15, 0.2) is 17.8 Å². The second kappa shape index (κ2) is 4.76. The average molecular weight is 303 g/mol. The number of hydrogen-bond acceptors (Lipinski definition) is 3. The lowest BCUT2D eigenvalue weighted by Crippen LogP contribution is -2.25.